The van der Waals surface area contributed by atoms with E-state index in [9.17, 15) is 0 Å². The number of nitrogens with zero attached hydrogens (tertiary/aromatic N) is 4. The van der Waals surface area contributed by atoms with Gasteiger partial charge in [0.15, 0.2) is 0 Å². The molecule has 2 aromatic heterocycles. The Balaban J connectivity index is 1.63. The summed E-state index contributed by atoms with van der Waals surface area (Å²) in [7, 11) is 0. The Morgan fingerprint density at radius 3 is 2.54 bits per heavy atom. The molecule has 128 valence electrons. The van der Waals surface area contributed by atoms with Gasteiger partial charge in [-0.3, -0.25) is 9.97 Å². The average Bonchev–Trinajstić information content (AvgIpc) is 2.90. The van der Waals surface area contributed by atoms with E-state index in [0.29, 0.717) is 0 Å². The largest absolute Gasteiger partial charge is 0.357 e. The van der Waals surface area contributed by atoms with Gasteiger partial charge < -0.3 is 10.2 Å². The van der Waals surface area contributed by atoms with Crippen LogP contribution in [0.3, 0.4) is 0 Å². The lowest BCUT2D eigenvalue weighted by atomic mass is 10.1. The van der Waals surface area contributed by atoms with Crippen molar-refractivity contribution in [3.05, 3.63) is 47.7 Å². The summed E-state index contributed by atoms with van der Waals surface area (Å²) in [5, 5.41) is 3.55. The van der Waals surface area contributed by atoms with E-state index in [0.717, 1.165) is 36.8 Å². The molecule has 1 N–H and O–H groups in total. The minimum Gasteiger partial charge on any atom is -0.357 e. The highest BCUT2D eigenvalue weighted by atomic mass is 15.2. The lowest BCUT2D eigenvalue weighted by molar-refractivity contribution is 0.555. The molecule has 0 bridgehead atoms. The monoisotopic (exact) mass is 325 g/mol. The summed E-state index contributed by atoms with van der Waals surface area (Å²) in [6.45, 7) is 7.19. The number of hydrogen-bond acceptors (Lipinski definition) is 5. The van der Waals surface area contributed by atoms with Gasteiger partial charge >= 0.3 is 0 Å². The second-order valence-corrected chi connectivity index (χ2v) is 6.55. The Morgan fingerprint density at radius 1 is 1.04 bits per heavy atom. The van der Waals surface area contributed by atoms with Crippen molar-refractivity contribution in [3.8, 4) is 0 Å². The molecule has 1 aliphatic rings. The van der Waals surface area contributed by atoms with Crippen LogP contribution >= 0.6 is 0 Å². The van der Waals surface area contributed by atoms with Gasteiger partial charge in [0, 0.05) is 44.3 Å². The van der Waals surface area contributed by atoms with Crippen LogP contribution in [-0.4, -0.2) is 28.0 Å². The molecule has 1 saturated heterocycles. The van der Waals surface area contributed by atoms with E-state index in [4.69, 9.17) is 0 Å². The molecule has 0 aliphatic carbocycles. The van der Waals surface area contributed by atoms with Gasteiger partial charge in [-0.2, -0.15) is 0 Å². The molecule has 5 heteroatoms. The molecule has 0 radical (unpaired) electrons. The summed E-state index contributed by atoms with van der Waals surface area (Å²) in [6.07, 6.45) is 10.6. The summed E-state index contributed by atoms with van der Waals surface area (Å²) in [5.74, 6) is 1.11. The van der Waals surface area contributed by atoms with Crippen molar-refractivity contribution in [2.45, 2.75) is 52.1 Å². The SMILES string of the molecule is Cc1nccnc1C(C)NCc1ccnc(N2CCCCCC2)c1. The summed E-state index contributed by atoms with van der Waals surface area (Å²) >= 11 is 0. The van der Waals surface area contributed by atoms with Crippen molar-refractivity contribution >= 4 is 5.82 Å². The third-order valence-corrected chi connectivity index (χ3v) is 4.68. The predicted octanol–water partition coefficient (Wildman–Crippen LogP) is 3.41. The van der Waals surface area contributed by atoms with E-state index in [1.165, 1.54) is 31.2 Å². The van der Waals surface area contributed by atoms with E-state index in [-0.39, 0.29) is 6.04 Å². The van der Waals surface area contributed by atoms with Gasteiger partial charge in [0.1, 0.15) is 5.82 Å². The molecular weight excluding hydrogens is 298 g/mol. The van der Waals surface area contributed by atoms with Gasteiger partial charge in [-0.1, -0.05) is 12.8 Å². The Bertz CT molecular complexity index is 650. The molecule has 0 amide bonds. The van der Waals surface area contributed by atoms with Crippen LogP contribution in [0.1, 0.15) is 55.6 Å². The maximum atomic E-state index is 4.58. The maximum absolute atomic E-state index is 4.58. The van der Waals surface area contributed by atoms with Crippen LogP contribution in [0.4, 0.5) is 5.82 Å². The molecule has 1 unspecified atom stereocenters. The minimum atomic E-state index is 0.175. The molecule has 1 atom stereocenters. The third kappa shape index (κ3) is 4.29. The second kappa shape index (κ2) is 8.20. The first kappa shape index (κ1) is 16.8. The van der Waals surface area contributed by atoms with Crippen LogP contribution in [0.15, 0.2) is 30.7 Å². The zero-order chi connectivity index (χ0) is 16.8. The van der Waals surface area contributed by atoms with E-state index < -0.39 is 0 Å². The highest BCUT2D eigenvalue weighted by Gasteiger charge is 2.13. The summed E-state index contributed by atoms with van der Waals surface area (Å²) in [6, 6.07) is 4.48. The fourth-order valence-electron chi connectivity index (χ4n) is 3.25. The van der Waals surface area contributed by atoms with E-state index in [1.807, 2.05) is 13.1 Å². The molecule has 0 spiro atoms. The standard InChI is InChI=1S/C19H27N5/c1-15-19(22-10-9-20-15)16(2)23-14-17-7-8-21-18(13-17)24-11-5-3-4-6-12-24/h7-10,13,16,23H,3-6,11-12,14H2,1-2H3. The Morgan fingerprint density at radius 2 is 1.79 bits per heavy atom. The van der Waals surface area contributed by atoms with Gasteiger partial charge in [0.05, 0.1) is 11.4 Å². The van der Waals surface area contributed by atoms with Crippen LogP contribution < -0.4 is 10.2 Å². The number of nitrogens with one attached hydrogen (secondary N) is 1. The first-order chi connectivity index (χ1) is 11.7. The molecule has 2 aromatic rings. The number of pyridine rings is 1. The number of hydrogen-bond donors (Lipinski definition) is 1. The van der Waals surface area contributed by atoms with E-state index in [1.54, 1.807) is 12.4 Å². The zero-order valence-electron chi connectivity index (χ0n) is 14.7. The first-order valence-corrected chi connectivity index (χ1v) is 8.95. The van der Waals surface area contributed by atoms with Crippen LogP contribution in [0, 0.1) is 6.92 Å². The van der Waals surface area contributed by atoms with Gasteiger partial charge in [0.25, 0.3) is 0 Å². The molecule has 5 nitrogen and oxygen atoms in total. The highest BCUT2D eigenvalue weighted by Crippen LogP contribution is 2.19. The van der Waals surface area contributed by atoms with Crippen molar-refractivity contribution < 1.29 is 0 Å². The van der Waals surface area contributed by atoms with Gasteiger partial charge in [-0.15, -0.1) is 0 Å². The van der Waals surface area contributed by atoms with Crippen LogP contribution in [0.5, 0.6) is 0 Å². The Labute approximate surface area is 144 Å². The lowest BCUT2D eigenvalue weighted by Gasteiger charge is -2.22. The molecule has 1 aliphatic heterocycles. The van der Waals surface area contributed by atoms with Crippen molar-refractivity contribution in [1.29, 1.82) is 0 Å². The zero-order valence-corrected chi connectivity index (χ0v) is 14.7. The average molecular weight is 325 g/mol. The Kier molecular flexibility index (Phi) is 5.75. The number of aromatic nitrogens is 3. The Hall–Kier alpha value is -2.01. The number of anilines is 1. The fourth-order valence-corrected chi connectivity index (χ4v) is 3.25. The predicted molar refractivity (Wildman–Crippen MR) is 96.9 cm³/mol. The second-order valence-electron chi connectivity index (χ2n) is 6.55. The van der Waals surface area contributed by atoms with Gasteiger partial charge in [-0.05, 0) is 44.4 Å². The molecule has 1 fully saturated rings. The van der Waals surface area contributed by atoms with Crippen molar-refractivity contribution in [2.24, 2.45) is 0 Å². The van der Waals surface area contributed by atoms with Gasteiger partial charge in [0.2, 0.25) is 0 Å². The number of rotatable bonds is 5. The number of aryl methyl sites for hydroxylation is 1. The normalized spacial score (nSPS) is 16.7. The highest BCUT2D eigenvalue weighted by molar-refractivity contribution is 5.41. The summed E-state index contributed by atoms with van der Waals surface area (Å²) < 4.78 is 0. The first-order valence-electron chi connectivity index (χ1n) is 8.95. The van der Waals surface area contributed by atoms with Crippen LogP contribution in [-0.2, 0) is 6.54 Å². The third-order valence-electron chi connectivity index (χ3n) is 4.68. The summed E-state index contributed by atoms with van der Waals surface area (Å²) in [4.78, 5) is 15.8. The molecule has 24 heavy (non-hydrogen) atoms. The maximum Gasteiger partial charge on any atom is 0.128 e. The van der Waals surface area contributed by atoms with Crippen molar-refractivity contribution in [3.63, 3.8) is 0 Å². The summed E-state index contributed by atoms with van der Waals surface area (Å²) in [5.41, 5.74) is 3.26. The molecule has 0 aromatic carbocycles. The van der Waals surface area contributed by atoms with E-state index >= 15 is 0 Å². The smallest absolute Gasteiger partial charge is 0.128 e. The molecular formula is C19H27N5. The van der Waals surface area contributed by atoms with Crippen LogP contribution in [0.25, 0.3) is 0 Å². The topological polar surface area (TPSA) is 53.9 Å². The molecule has 3 rings (SSSR count). The molecule has 0 saturated carbocycles. The fraction of sp³-hybridized carbons (Fsp3) is 0.526. The van der Waals surface area contributed by atoms with Crippen LogP contribution in [0.2, 0.25) is 0 Å². The minimum absolute atomic E-state index is 0.175. The lowest BCUT2D eigenvalue weighted by Crippen LogP contribution is -2.25. The quantitative estimate of drug-likeness (QED) is 0.913. The molecule has 3 heterocycles. The van der Waals surface area contributed by atoms with E-state index in [2.05, 4.69) is 44.2 Å². The van der Waals surface area contributed by atoms with Crippen molar-refractivity contribution in [1.82, 2.24) is 20.3 Å². The van der Waals surface area contributed by atoms with Gasteiger partial charge in [-0.25, -0.2) is 4.98 Å². The van der Waals surface area contributed by atoms with Crippen molar-refractivity contribution in [2.75, 3.05) is 18.0 Å².